The van der Waals surface area contributed by atoms with E-state index in [1.54, 1.807) is 6.92 Å². The van der Waals surface area contributed by atoms with Gasteiger partial charge in [0.15, 0.2) is 0 Å². The fourth-order valence-corrected chi connectivity index (χ4v) is 3.01. The molecule has 2 atom stereocenters. The van der Waals surface area contributed by atoms with E-state index in [4.69, 9.17) is 0 Å². The topological polar surface area (TPSA) is 49.3 Å². The molecular weight excluding hydrogens is 252 g/mol. The molecule has 2 bridgehead atoms. The van der Waals surface area contributed by atoms with Gasteiger partial charge in [0.2, 0.25) is 5.95 Å². The molecule has 1 aromatic heterocycles. The molecule has 1 unspecified atom stereocenters. The Hall–Kier alpha value is -1.49. The smallest absolute Gasteiger partial charge is 0.225 e. The summed E-state index contributed by atoms with van der Waals surface area (Å²) in [6.07, 6.45) is 4.86. The Morgan fingerprint density at radius 3 is 2.40 bits per heavy atom. The second kappa shape index (κ2) is 6.31. The van der Waals surface area contributed by atoms with Crippen molar-refractivity contribution in [1.82, 2.24) is 14.9 Å². The van der Waals surface area contributed by atoms with Crippen LogP contribution in [-0.2, 0) is 4.79 Å². The summed E-state index contributed by atoms with van der Waals surface area (Å²) < 4.78 is 0. The SMILES string of the molecule is CC.CC(=O)CN1CC2C[C@@H]1CN2c1ncc(C)cn1. The summed E-state index contributed by atoms with van der Waals surface area (Å²) >= 11 is 0. The van der Waals surface area contributed by atoms with Gasteiger partial charge in [-0.3, -0.25) is 9.69 Å². The Morgan fingerprint density at radius 1 is 1.25 bits per heavy atom. The Labute approximate surface area is 121 Å². The van der Waals surface area contributed by atoms with E-state index in [1.165, 1.54) is 0 Å². The van der Waals surface area contributed by atoms with Crippen LogP contribution in [0.2, 0.25) is 0 Å². The van der Waals surface area contributed by atoms with Gasteiger partial charge >= 0.3 is 0 Å². The molecule has 110 valence electrons. The molecule has 2 saturated heterocycles. The number of carbonyl (C=O) groups is 1. The van der Waals surface area contributed by atoms with Gasteiger partial charge in [0.05, 0.1) is 6.54 Å². The number of likely N-dealkylation sites (tertiary alicyclic amines) is 1. The molecule has 0 aliphatic carbocycles. The van der Waals surface area contributed by atoms with E-state index < -0.39 is 0 Å². The first kappa shape index (κ1) is 14.9. The maximum absolute atomic E-state index is 11.2. The highest BCUT2D eigenvalue weighted by molar-refractivity contribution is 5.77. The van der Waals surface area contributed by atoms with Crippen LogP contribution in [-0.4, -0.2) is 52.4 Å². The lowest BCUT2D eigenvalue weighted by Gasteiger charge is -2.33. The van der Waals surface area contributed by atoms with Crippen LogP contribution in [0.5, 0.6) is 0 Å². The van der Waals surface area contributed by atoms with Crippen molar-refractivity contribution in [3.05, 3.63) is 18.0 Å². The lowest BCUT2D eigenvalue weighted by molar-refractivity contribution is -0.118. The standard InChI is InChI=1S/C13H18N4O.C2H6/c1-9-4-14-13(15-5-9)17-8-11-3-12(17)7-16(11)6-10(2)18;1-2/h4-5,11-12H,3,6-8H2,1-2H3;1-2H3/t11-,12?;/m1./s1. The van der Waals surface area contributed by atoms with Crippen molar-refractivity contribution in [1.29, 1.82) is 0 Å². The predicted molar refractivity (Wildman–Crippen MR) is 79.9 cm³/mol. The Bertz CT molecular complexity index is 459. The first-order chi connectivity index (χ1) is 9.63. The third-order valence-corrected chi connectivity index (χ3v) is 3.80. The molecule has 0 spiro atoms. The first-order valence-corrected chi connectivity index (χ1v) is 7.42. The number of anilines is 1. The van der Waals surface area contributed by atoms with Gasteiger partial charge in [0.25, 0.3) is 0 Å². The van der Waals surface area contributed by atoms with Gasteiger partial charge in [-0.25, -0.2) is 9.97 Å². The molecule has 20 heavy (non-hydrogen) atoms. The van der Waals surface area contributed by atoms with Crippen LogP contribution in [0, 0.1) is 6.92 Å². The third-order valence-electron chi connectivity index (χ3n) is 3.80. The van der Waals surface area contributed by atoms with E-state index in [0.29, 0.717) is 18.6 Å². The molecule has 2 aliphatic rings. The predicted octanol–water partition coefficient (Wildman–Crippen LogP) is 1.66. The molecule has 2 fully saturated rings. The third kappa shape index (κ3) is 2.98. The van der Waals surface area contributed by atoms with Gasteiger partial charge in [-0.15, -0.1) is 0 Å². The lowest BCUT2D eigenvalue weighted by atomic mass is 10.2. The maximum atomic E-state index is 11.2. The average Bonchev–Trinajstić information content (AvgIpc) is 3.01. The Morgan fingerprint density at radius 2 is 1.90 bits per heavy atom. The number of rotatable bonds is 3. The molecular formula is C15H24N4O. The molecule has 1 aromatic rings. The van der Waals surface area contributed by atoms with Crippen molar-refractivity contribution in [3.8, 4) is 0 Å². The quantitative estimate of drug-likeness (QED) is 0.840. The van der Waals surface area contributed by atoms with Crippen molar-refractivity contribution in [3.63, 3.8) is 0 Å². The molecule has 0 saturated carbocycles. The van der Waals surface area contributed by atoms with Crippen molar-refractivity contribution < 1.29 is 4.79 Å². The van der Waals surface area contributed by atoms with Crippen LogP contribution in [0.1, 0.15) is 32.8 Å². The van der Waals surface area contributed by atoms with E-state index in [0.717, 1.165) is 31.0 Å². The van der Waals surface area contributed by atoms with Gasteiger partial charge in [-0.2, -0.15) is 0 Å². The Balaban J connectivity index is 0.000000704. The molecule has 0 amide bonds. The van der Waals surface area contributed by atoms with Gasteiger partial charge in [-0.1, -0.05) is 13.8 Å². The molecule has 5 nitrogen and oxygen atoms in total. The normalized spacial score (nSPS) is 24.5. The molecule has 0 aromatic carbocycles. The van der Waals surface area contributed by atoms with Crippen molar-refractivity contribution in [2.24, 2.45) is 0 Å². The molecule has 0 radical (unpaired) electrons. The summed E-state index contributed by atoms with van der Waals surface area (Å²) in [5.74, 6) is 1.08. The molecule has 3 rings (SSSR count). The molecule has 3 heterocycles. The second-order valence-electron chi connectivity index (χ2n) is 5.39. The van der Waals surface area contributed by atoms with Crippen molar-refractivity contribution >= 4 is 11.7 Å². The van der Waals surface area contributed by atoms with Crippen LogP contribution in [0.3, 0.4) is 0 Å². The van der Waals surface area contributed by atoms with Crippen molar-refractivity contribution in [2.75, 3.05) is 24.5 Å². The van der Waals surface area contributed by atoms with E-state index in [9.17, 15) is 4.79 Å². The van der Waals surface area contributed by atoms with Crippen LogP contribution < -0.4 is 4.90 Å². The van der Waals surface area contributed by atoms with Crippen LogP contribution in [0.25, 0.3) is 0 Å². The zero-order valence-electron chi connectivity index (χ0n) is 12.8. The maximum Gasteiger partial charge on any atom is 0.225 e. The largest absolute Gasteiger partial charge is 0.335 e. The summed E-state index contributed by atoms with van der Waals surface area (Å²) in [5.41, 5.74) is 1.08. The number of hydrogen-bond acceptors (Lipinski definition) is 5. The summed E-state index contributed by atoms with van der Waals surface area (Å²) in [6, 6.07) is 0.959. The molecule has 0 N–H and O–H groups in total. The summed E-state index contributed by atoms with van der Waals surface area (Å²) in [7, 11) is 0. The molecule has 5 heteroatoms. The van der Waals surface area contributed by atoms with Gasteiger partial charge < -0.3 is 4.90 Å². The highest BCUT2D eigenvalue weighted by Crippen LogP contribution is 2.32. The lowest BCUT2D eigenvalue weighted by Crippen LogP contribution is -2.48. The first-order valence-electron chi connectivity index (χ1n) is 7.42. The number of nitrogens with zero attached hydrogens (tertiary/aromatic N) is 4. The van der Waals surface area contributed by atoms with E-state index in [-0.39, 0.29) is 5.78 Å². The zero-order valence-corrected chi connectivity index (χ0v) is 12.8. The minimum absolute atomic E-state index is 0.251. The van der Waals surface area contributed by atoms with Gasteiger partial charge in [0, 0.05) is 37.6 Å². The fraction of sp³-hybridized carbons (Fsp3) is 0.667. The number of ketones is 1. The monoisotopic (exact) mass is 276 g/mol. The number of carbonyl (C=O) groups excluding carboxylic acids is 1. The minimum atomic E-state index is 0.251. The average molecular weight is 276 g/mol. The highest BCUT2D eigenvalue weighted by Gasteiger charge is 2.44. The van der Waals surface area contributed by atoms with Gasteiger partial charge in [0.1, 0.15) is 5.78 Å². The number of hydrogen-bond donors (Lipinski definition) is 0. The van der Waals surface area contributed by atoms with Gasteiger partial charge in [-0.05, 0) is 25.8 Å². The summed E-state index contributed by atoms with van der Waals surface area (Å²) in [5, 5.41) is 0. The van der Waals surface area contributed by atoms with E-state index >= 15 is 0 Å². The van der Waals surface area contributed by atoms with Crippen molar-refractivity contribution in [2.45, 2.75) is 46.2 Å². The number of aryl methyl sites for hydroxylation is 1. The van der Waals surface area contributed by atoms with E-state index in [1.807, 2.05) is 33.2 Å². The number of Topliss-reactive ketones (excluding diaryl/α,β-unsaturated/α-hetero) is 1. The summed E-state index contributed by atoms with van der Waals surface area (Å²) in [4.78, 5) is 24.5. The zero-order chi connectivity index (χ0) is 14.7. The van der Waals surface area contributed by atoms with Crippen LogP contribution in [0.4, 0.5) is 5.95 Å². The van der Waals surface area contributed by atoms with E-state index in [2.05, 4.69) is 19.8 Å². The minimum Gasteiger partial charge on any atom is -0.335 e. The van der Waals surface area contributed by atoms with Crippen LogP contribution >= 0.6 is 0 Å². The summed E-state index contributed by atoms with van der Waals surface area (Å²) in [6.45, 7) is 10.1. The number of piperazine rings is 1. The fourth-order valence-electron chi connectivity index (χ4n) is 3.01. The Kier molecular flexibility index (Phi) is 4.70. The van der Waals surface area contributed by atoms with Crippen LogP contribution in [0.15, 0.2) is 12.4 Å². The number of aromatic nitrogens is 2. The second-order valence-corrected chi connectivity index (χ2v) is 5.39. The number of fused-ring (bicyclic) bond motifs is 2. The highest BCUT2D eigenvalue weighted by atomic mass is 16.1. The molecule has 2 aliphatic heterocycles.